The Balaban J connectivity index is 0.000000239. The number of hydrogen-bond acceptors (Lipinski definition) is 4. The second-order valence-corrected chi connectivity index (χ2v) is 2.94. The maximum Gasteiger partial charge on any atom is 0.328 e. The molecule has 17 heavy (non-hydrogen) atoms. The fourth-order valence-corrected chi connectivity index (χ4v) is 0.929. The molecule has 5 heteroatoms. The molecule has 2 N–H and O–H groups in total. The number of carboxylic acid groups (broad SMARTS) is 1. The lowest BCUT2D eigenvalue weighted by Gasteiger charge is -1.92. The van der Waals surface area contributed by atoms with Crippen molar-refractivity contribution >= 4 is 12.0 Å². The molecule has 2 rings (SSSR count). The van der Waals surface area contributed by atoms with Crippen LogP contribution in [0.1, 0.15) is 5.56 Å². The van der Waals surface area contributed by atoms with Crippen molar-refractivity contribution < 1.29 is 19.4 Å². The number of oxazole rings is 1. The van der Waals surface area contributed by atoms with Gasteiger partial charge in [0.1, 0.15) is 12.0 Å². The highest BCUT2D eigenvalue weighted by Crippen LogP contribution is 2.10. The van der Waals surface area contributed by atoms with E-state index in [1.807, 2.05) is 0 Å². The van der Waals surface area contributed by atoms with E-state index in [9.17, 15) is 4.79 Å². The number of aromatic nitrogens is 1. The van der Waals surface area contributed by atoms with Crippen molar-refractivity contribution in [2.24, 2.45) is 0 Å². The lowest BCUT2D eigenvalue weighted by Crippen LogP contribution is -1.85. The summed E-state index contributed by atoms with van der Waals surface area (Å²) in [6.45, 7) is 0. The number of carboxylic acids is 1. The summed E-state index contributed by atoms with van der Waals surface area (Å²) in [7, 11) is 0. The zero-order valence-electron chi connectivity index (χ0n) is 8.85. The molecule has 0 atom stereocenters. The number of rotatable bonds is 2. The molecule has 0 unspecified atom stereocenters. The van der Waals surface area contributed by atoms with Crippen molar-refractivity contribution in [1.29, 1.82) is 0 Å². The van der Waals surface area contributed by atoms with Crippen LogP contribution in [0.5, 0.6) is 5.75 Å². The Labute approximate surface area is 97.7 Å². The lowest BCUT2D eigenvalue weighted by atomic mass is 10.2. The normalized spacial score (nSPS) is 9.65. The summed E-state index contributed by atoms with van der Waals surface area (Å²) in [4.78, 5) is 13.7. The van der Waals surface area contributed by atoms with Crippen LogP contribution < -0.4 is 0 Å². The maximum atomic E-state index is 10.1. The first-order valence-corrected chi connectivity index (χ1v) is 4.70. The molecular weight excluding hydrogens is 222 g/mol. The van der Waals surface area contributed by atoms with E-state index in [1.54, 1.807) is 18.3 Å². The van der Waals surface area contributed by atoms with Gasteiger partial charge in [0.05, 0.1) is 6.20 Å². The van der Waals surface area contributed by atoms with Crippen molar-refractivity contribution in [3.05, 3.63) is 54.8 Å². The van der Waals surface area contributed by atoms with Gasteiger partial charge in [-0.25, -0.2) is 9.78 Å². The second-order valence-electron chi connectivity index (χ2n) is 2.94. The highest BCUT2D eigenvalue weighted by molar-refractivity contribution is 5.85. The number of phenolic OH excluding ortho intramolecular Hbond substituents is 1. The van der Waals surface area contributed by atoms with E-state index in [4.69, 9.17) is 10.2 Å². The number of hydrogen-bond donors (Lipinski definition) is 2. The topological polar surface area (TPSA) is 83.6 Å². The molecule has 0 amide bonds. The molecule has 0 radical (unpaired) electrons. The SMILES string of the molecule is O=C(O)/C=C/c1ccc(O)cc1.c1cocn1. The Morgan fingerprint density at radius 1 is 1.29 bits per heavy atom. The molecule has 0 fully saturated rings. The van der Waals surface area contributed by atoms with Gasteiger partial charge in [-0.05, 0) is 23.8 Å². The predicted octanol–water partition coefficient (Wildman–Crippen LogP) is 2.16. The standard InChI is InChI=1S/C9H8O3.C3H3NO/c10-8-4-1-7(2-5-8)3-6-9(11)12;1-2-5-3-4-1/h1-6,10H,(H,11,12);1-3H/b6-3+;. The molecule has 2 aromatic rings. The number of benzene rings is 1. The zero-order valence-corrected chi connectivity index (χ0v) is 8.85. The molecule has 88 valence electrons. The first-order valence-electron chi connectivity index (χ1n) is 4.70. The Morgan fingerprint density at radius 2 is 2.00 bits per heavy atom. The van der Waals surface area contributed by atoms with Crippen LogP contribution in [0.3, 0.4) is 0 Å². The van der Waals surface area contributed by atoms with Gasteiger partial charge in [0, 0.05) is 6.08 Å². The smallest absolute Gasteiger partial charge is 0.328 e. The summed E-state index contributed by atoms with van der Waals surface area (Å²) in [6.07, 6.45) is 6.98. The molecule has 0 saturated heterocycles. The van der Waals surface area contributed by atoms with Gasteiger partial charge in [-0.3, -0.25) is 0 Å². The van der Waals surface area contributed by atoms with Crippen LogP contribution in [0.15, 0.2) is 53.6 Å². The summed E-state index contributed by atoms with van der Waals surface area (Å²) in [6, 6.07) is 6.27. The van der Waals surface area contributed by atoms with Gasteiger partial charge in [-0.1, -0.05) is 12.1 Å². The molecule has 1 aromatic heterocycles. The number of aromatic hydroxyl groups is 1. The summed E-state index contributed by atoms with van der Waals surface area (Å²) in [5, 5.41) is 17.2. The van der Waals surface area contributed by atoms with Gasteiger partial charge in [-0.2, -0.15) is 0 Å². The first kappa shape index (κ1) is 12.5. The van der Waals surface area contributed by atoms with Crippen molar-refractivity contribution in [2.45, 2.75) is 0 Å². The van der Waals surface area contributed by atoms with E-state index in [1.165, 1.54) is 30.9 Å². The summed E-state index contributed by atoms with van der Waals surface area (Å²) < 4.78 is 4.47. The minimum atomic E-state index is -0.983. The van der Waals surface area contributed by atoms with Gasteiger partial charge >= 0.3 is 5.97 Å². The van der Waals surface area contributed by atoms with Crippen LogP contribution in [0.25, 0.3) is 6.08 Å². The van der Waals surface area contributed by atoms with Crippen LogP contribution in [0.4, 0.5) is 0 Å². The maximum absolute atomic E-state index is 10.1. The summed E-state index contributed by atoms with van der Waals surface area (Å²) in [5.74, 6) is -0.814. The first-order chi connectivity index (χ1) is 8.18. The number of phenols is 1. The molecule has 1 aromatic carbocycles. The Bertz CT molecular complexity index is 443. The van der Waals surface area contributed by atoms with E-state index in [0.717, 1.165) is 11.6 Å². The van der Waals surface area contributed by atoms with E-state index >= 15 is 0 Å². The van der Waals surface area contributed by atoms with Gasteiger partial charge in [0.15, 0.2) is 6.39 Å². The Kier molecular flexibility index (Phi) is 5.03. The van der Waals surface area contributed by atoms with Crippen LogP contribution in [0, 0.1) is 0 Å². The Morgan fingerprint density at radius 3 is 2.41 bits per heavy atom. The molecule has 0 aliphatic carbocycles. The predicted molar refractivity (Wildman–Crippen MR) is 61.3 cm³/mol. The third-order valence-electron chi connectivity index (χ3n) is 1.66. The zero-order chi connectivity index (χ0) is 12.5. The van der Waals surface area contributed by atoms with E-state index in [0.29, 0.717) is 0 Å². The third kappa shape index (κ3) is 5.78. The second kappa shape index (κ2) is 6.84. The highest BCUT2D eigenvalue weighted by atomic mass is 16.4. The quantitative estimate of drug-likeness (QED) is 0.776. The lowest BCUT2D eigenvalue weighted by molar-refractivity contribution is -0.131. The molecule has 0 aliphatic rings. The van der Waals surface area contributed by atoms with E-state index in [2.05, 4.69) is 9.40 Å². The average Bonchev–Trinajstić information content (AvgIpc) is 2.87. The van der Waals surface area contributed by atoms with Crippen LogP contribution in [-0.2, 0) is 4.79 Å². The summed E-state index contributed by atoms with van der Waals surface area (Å²) in [5.41, 5.74) is 0.746. The highest BCUT2D eigenvalue weighted by Gasteiger charge is 1.89. The molecular formula is C12H11NO4. The molecule has 1 heterocycles. The number of carbonyl (C=O) groups is 1. The number of aliphatic carboxylic acids is 1. The van der Waals surface area contributed by atoms with Gasteiger partial charge < -0.3 is 14.6 Å². The summed E-state index contributed by atoms with van der Waals surface area (Å²) >= 11 is 0. The monoisotopic (exact) mass is 233 g/mol. The van der Waals surface area contributed by atoms with Crippen molar-refractivity contribution in [3.8, 4) is 5.75 Å². The molecule has 0 spiro atoms. The fraction of sp³-hybridized carbons (Fsp3) is 0. The minimum Gasteiger partial charge on any atom is -0.508 e. The average molecular weight is 233 g/mol. The van der Waals surface area contributed by atoms with Crippen LogP contribution in [-0.4, -0.2) is 21.2 Å². The molecule has 0 saturated carbocycles. The van der Waals surface area contributed by atoms with Crippen molar-refractivity contribution in [3.63, 3.8) is 0 Å². The van der Waals surface area contributed by atoms with Crippen molar-refractivity contribution in [1.82, 2.24) is 4.98 Å². The molecule has 0 bridgehead atoms. The van der Waals surface area contributed by atoms with Gasteiger partial charge in [0.2, 0.25) is 0 Å². The van der Waals surface area contributed by atoms with Gasteiger partial charge in [-0.15, -0.1) is 0 Å². The van der Waals surface area contributed by atoms with Crippen molar-refractivity contribution in [2.75, 3.05) is 0 Å². The van der Waals surface area contributed by atoms with Crippen LogP contribution >= 0.6 is 0 Å². The minimum absolute atomic E-state index is 0.169. The fourth-order valence-electron chi connectivity index (χ4n) is 0.929. The van der Waals surface area contributed by atoms with Gasteiger partial charge in [0.25, 0.3) is 0 Å². The Hall–Kier alpha value is -2.56. The van der Waals surface area contributed by atoms with Crippen LogP contribution in [0.2, 0.25) is 0 Å². The van der Waals surface area contributed by atoms with E-state index in [-0.39, 0.29) is 5.75 Å². The van der Waals surface area contributed by atoms with E-state index < -0.39 is 5.97 Å². The number of nitrogens with zero attached hydrogens (tertiary/aromatic N) is 1. The third-order valence-corrected chi connectivity index (χ3v) is 1.66. The molecule has 5 nitrogen and oxygen atoms in total. The largest absolute Gasteiger partial charge is 0.508 e. The molecule has 0 aliphatic heterocycles.